The average Bonchev–Trinajstić information content (AvgIpc) is 3.15. The van der Waals surface area contributed by atoms with Crippen molar-refractivity contribution in [2.45, 2.75) is 57.5 Å². The van der Waals surface area contributed by atoms with Gasteiger partial charge >= 0.3 is 0 Å². The van der Waals surface area contributed by atoms with Crippen LogP contribution in [-0.4, -0.2) is 17.8 Å². The molecule has 0 saturated heterocycles. The smallest absolute Gasteiger partial charge is 0.0445 e. The molecule has 3 rings (SSSR count). The van der Waals surface area contributed by atoms with Gasteiger partial charge < -0.3 is 10.4 Å². The van der Waals surface area contributed by atoms with Gasteiger partial charge in [-0.05, 0) is 68.1 Å². The van der Waals surface area contributed by atoms with E-state index in [9.17, 15) is 5.11 Å². The summed E-state index contributed by atoms with van der Waals surface area (Å²) in [5.74, 6) is 0.795. The third-order valence-electron chi connectivity index (χ3n) is 4.72. The molecule has 104 valence electrons. The molecule has 1 saturated carbocycles. The monoisotopic (exact) mass is 259 g/mol. The lowest BCUT2D eigenvalue weighted by atomic mass is 10.00. The highest BCUT2D eigenvalue weighted by Crippen LogP contribution is 2.35. The maximum Gasteiger partial charge on any atom is 0.0445 e. The zero-order valence-corrected chi connectivity index (χ0v) is 11.9. The molecule has 2 unspecified atom stereocenters. The maximum atomic E-state index is 9.18. The molecular weight excluding hydrogens is 234 g/mol. The van der Waals surface area contributed by atoms with Crippen molar-refractivity contribution < 1.29 is 5.11 Å². The van der Waals surface area contributed by atoms with Gasteiger partial charge in [0.15, 0.2) is 0 Å². The molecular formula is C17H25NO. The number of rotatable bonds is 6. The molecule has 0 amide bonds. The van der Waals surface area contributed by atoms with Crippen molar-refractivity contribution in [1.82, 2.24) is 5.32 Å². The van der Waals surface area contributed by atoms with E-state index in [-0.39, 0.29) is 0 Å². The third-order valence-corrected chi connectivity index (χ3v) is 4.72. The van der Waals surface area contributed by atoms with Gasteiger partial charge in [0, 0.05) is 18.7 Å². The van der Waals surface area contributed by atoms with Crippen molar-refractivity contribution in [3.8, 4) is 0 Å². The summed E-state index contributed by atoms with van der Waals surface area (Å²) in [7, 11) is 0. The average molecular weight is 259 g/mol. The Bertz CT molecular complexity index is 439. The molecule has 19 heavy (non-hydrogen) atoms. The van der Waals surface area contributed by atoms with Crippen LogP contribution in [0.1, 0.15) is 55.3 Å². The van der Waals surface area contributed by atoms with Crippen molar-refractivity contribution in [3.63, 3.8) is 0 Å². The van der Waals surface area contributed by atoms with Crippen LogP contribution in [0.2, 0.25) is 0 Å². The fourth-order valence-corrected chi connectivity index (χ4v) is 3.37. The van der Waals surface area contributed by atoms with Crippen LogP contribution in [0.15, 0.2) is 18.2 Å². The van der Waals surface area contributed by atoms with Crippen LogP contribution in [0.25, 0.3) is 0 Å². The molecule has 1 aromatic carbocycles. The Labute approximate surface area is 116 Å². The Morgan fingerprint density at radius 2 is 2.05 bits per heavy atom. The lowest BCUT2D eigenvalue weighted by Crippen LogP contribution is -2.34. The molecule has 0 spiro atoms. The lowest BCUT2D eigenvalue weighted by molar-refractivity contribution is 0.250. The summed E-state index contributed by atoms with van der Waals surface area (Å²) in [5, 5.41) is 12.9. The first-order valence-corrected chi connectivity index (χ1v) is 7.76. The van der Waals surface area contributed by atoms with Crippen LogP contribution >= 0.6 is 0 Å². The summed E-state index contributed by atoms with van der Waals surface area (Å²) in [4.78, 5) is 0. The summed E-state index contributed by atoms with van der Waals surface area (Å²) < 4.78 is 0. The molecule has 2 N–H and O–H groups in total. The highest BCUT2D eigenvalue weighted by Gasteiger charge is 2.31. The zero-order chi connectivity index (χ0) is 13.2. The van der Waals surface area contributed by atoms with E-state index in [1.807, 2.05) is 0 Å². The lowest BCUT2D eigenvalue weighted by Gasteiger charge is -2.23. The van der Waals surface area contributed by atoms with Gasteiger partial charge in [-0.2, -0.15) is 0 Å². The minimum absolute atomic E-state index is 0.297. The van der Waals surface area contributed by atoms with Gasteiger partial charge in [-0.3, -0.25) is 0 Å². The molecule has 0 aromatic heterocycles. The van der Waals surface area contributed by atoms with Crippen LogP contribution in [0.4, 0.5) is 0 Å². The normalized spacial score (nSPS) is 21.2. The molecule has 2 atom stereocenters. The Kier molecular flexibility index (Phi) is 3.90. The topological polar surface area (TPSA) is 32.3 Å². The largest absolute Gasteiger partial charge is 0.396 e. The van der Waals surface area contributed by atoms with Gasteiger partial charge in [0.1, 0.15) is 0 Å². The second kappa shape index (κ2) is 5.64. The van der Waals surface area contributed by atoms with Crippen molar-refractivity contribution in [1.29, 1.82) is 0 Å². The molecule has 0 bridgehead atoms. The number of hydrogen-bond acceptors (Lipinski definition) is 2. The molecule has 2 aliphatic rings. The molecule has 1 fully saturated rings. The molecule has 0 radical (unpaired) electrons. The van der Waals surface area contributed by atoms with Crippen LogP contribution < -0.4 is 5.32 Å². The van der Waals surface area contributed by atoms with E-state index >= 15 is 0 Å². The van der Waals surface area contributed by atoms with Gasteiger partial charge in [-0.25, -0.2) is 0 Å². The van der Waals surface area contributed by atoms with E-state index in [0.29, 0.717) is 18.7 Å². The fourth-order valence-electron chi connectivity index (χ4n) is 3.37. The molecule has 2 aliphatic carbocycles. The van der Waals surface area contributed by atoms with E-state index in [1.54, 1.807) is 11.1 Å². The van der Waals surface area contributed by atoms with Gasteiger partial charge in [-0.15, -0.1) is 0 Å². The predicted octanol–water partition coefficient (Wildman–Crippen LogP) is 2.99. The van der Waals surface area contributed by atoms with Crippen LogP contribution in [0.5, 0.6) is 0 Å². The molecule has 1 aromatic rings. The second-order valence-electron chi connectivity index (χ2n) is 6.23. The standard InChI is InChI=1S/C17H25NO/c1-12(18-17(9-10-19)14-6-7-14)15-8-5-13-3-2-4-16(13)11-15/h5,8,11-12,14,17-19H,2-4,6-7,9-10H2,1H3. The number of aliphatic hydroxyl groups excluding tert-OH is 1. The quantitative estimate of drug-likeness (QED) is 0.823. The predicted molar refractivity (Wildman–Crippen MR) is 78.2 cm³/mol. The summed E-state index contributed by atoms with van der Waals surface area (Å²) in [6, 6.07) is 7.87. The molecule has 2 heteroatoms. The van der Waals surface area contributed by atoms with Crippen molar-refractivity contribution >= 4 is 0 Å². The number of benzene rings is 1. The van der Waals surface area contributed by atoms with E-state index in [4.69, 9.17) is 0 Å². The van der Waals surface area contributed by atoms with E-state index < -0.39 is 0 Å². The molecule has 2 nitrogen and oxygen atoms in total. The number of hydrogen-bond donors (Lipinski definition) is 2. The minimum Gasteiger partial charge on any atom is -0.396 e. The van der Waals surface area contributed by atoms with E-state index in [0.717, 1.165) is 12.3 Å². The summed E-state index contributed by atoms with van der Waals surface area (Å²) in [6.45, 7) is 2.55. The molecule has 0 heterocycles. The van der Waals surface area contributed by atoms with E-state index in [1.165, 1.54) is 37.7 Å². The highest BCUT2D eigenvalue weighted by atomic mass is 16.3. The van der Waals surface area contributed by atoms with Crippen molar-refractivity contribution in [2.75, 3.05) is 6.61 Å². The fraction of sp³-hybridized carbons (Fsp3) is 0.647. The maximum absolute atomic E-state index is 9.18. The minimum atomic E-state index is 0.297. The van der Waals surface area contributed by atoms with Crippen LogP contribution in [-0.2, 0) is 12.8 Å². The van der Waals surface area contributed by atoms with Gasteiger partial charge in [0.05, 0.1) is 0 Å². The van der Waals surface area contributed by atoms with Gasteiger partial charge in [-0.1, -0.05) is 18.2 Å². The van der Waals surface area contributed by atoms with E-state index in [2.05, 4.69) is 30.4 Å². The number of fused-ring (bicyclic) bond motifs is 1. The first-order valence-electron chi connectivity index (χ1n) is 7.76. The van der Waals surface area contributed by atoms with Crippen molar-refractivity contribution in [3.05, 3.63) is 34.9 Å². The summed E-state index contributed by atoms with van der Waals surface area (Å²) >= 11 is 0. The number of aliphatic hydroxyl groups is 1. The van der Waals surface area contributed by atoms with Crippen LogP contribution in [0.3, 0.4) is 0 Å². The highest BCUT2D eigenvalue weighted by molar-refractivity contribution is 5.36. The Hall–Kier alpha value is -0.860. The number of aryl methyl sites for hydroxylation is 2. The molecule has 0 aliphatic heterocycles. The van der Waals surface area contributed by atoms with Crippen LogP contribution in [0, 0.1) is 5.92 Å². The zero-order valence-electron chi connectivity index (χ0n) is 11.9. The third kappa shape index (κ3) is 3.01. The Morgan fingerprint density at radius 1 is 1.26 bits per heavy atom. The number of nitrogens with one attached hydrogen (secondary N) is 1. The second-order valence-corrected chi connectivity index (χ2v) is 6.23. The first-order chi connectivity index (χ1) is 9.28. The SMILES string of the molecule is CC(NC(CCO)C1CC1)c1ccc2c(c1)CCC2. The summed E-state index contributed by atoms with van der Waals surface area (Å²) in [6.07, 6.45) is 7.37. The first kappa shape index (κ1) is 13.1. The van der Waals surface area contributed by atoms with Crippen molar-refractivity contribution in [2.24, 2.45) is 5.92 Å². The summed E-state index contributed by atoms with van der Waals surface area (Å²) in [5.41, 5.74) is 4.51. The Balaban J connectivity index is 1.67. The van der Waals surface area contributed by atoms with Gasteiger partial charge in [0.25, 0.3) is 0 Å². The van der Waals surface area contributed by atoms with Gasteiger partial charge in [0.2, 0.25) is 0 Å². The Morgan fingerprint density at radius 3 is 2.79 bits per heavy atom.